The van der Waals surface area contributed by atoms with Crippen LogP contribution in [0, 0.1) is 5.41 Å². The number of carbonyl (C=O) groups is 2. The van der Waals surface area contributed by atoms with Gasteiger partial charge in [-0.25, -0.2) is 4.98 Å². The first-order valence-corrected chi connectivity index (χ1v) is 8.41. The van der Waals surface area contributed by atoms with Gasteiger partial charge in [0.15, 0.2) is 0 Å². The molecular weight excluding hydrogens is 292 g/mol. The number of anilines is 1. The highest BCUT2D eigenvalue weighted by atomic mass is 16.2. The summed E-state index contributed by atoms with van der Waals surface area (Å²) in [6.07, 6.45) is 4.03. The van der Waals surface area contributed by atoms with Gasteiger partial charge in [0.1, 0.15) is 11.2 Å². The monoisotopic (exact) mass is 316 g/mol. The van der Waals surface area contributed by atoms with Crippen molar-refractivity contribution in [3.8, 4) is 0 Å². The summed E-state index contributed by atoms with van der Waals surface area (Å²) in [5.41, 5.74) is -0.775. The van der Waals surface area contributed by atoms with Crippen LogP contribution in [0.3, 0.4) is 0 Å². The summed E-state index contributed by atoms with van der Waals surface area (Å²) >= 11 is 0. The van der Waals surface area contributed by atoms with Crippen LogP contribution in [0.15, 0.2) is 24.4 Å². The van der Waals surface area contributed by atoms with Crippen LogP contribution in [0.4, 0.5) is 5.82 Å². The quantitative estimate of drug-likeness (QED) is 0.824. The molecule has 1 saturated heterocycles. The zero-order valence-electron chi connectivity index (χ0n) is 13.6. The molecule has 0 unspecified atom stereocenters. The number of amides is 2. The van der Waals surface area contributed by atoms with Gasteiger partial charge in [0, 0.05) is 38.9 Å². The van der Waals surface area contributed by atoms with Crippen molar-refractivity contribution in [1.82, 2.24) is 15.2 Å². The second-order valence-electron chi connectivity index (χ2n) is 6.31. The maximum atomic E-state index is 12.8. The van der Waals surface area contributed by atoms with E-state index in [4.69, 9.17) is 0 Å². The molecule has 2 aliphatic rings. The fraction of sp³-hybridized carbons (Fsp3) is 0.588. The van der Waals surface area contributed by atoms with E-state index in [9.17, 15) is 9.59 Å². The van der Waals surface area contributed by atoms with Gasteiger partial charge in [0.2, 0.25) is 11.8 Å². The van der Waals surface area contributed by atoms with E-state index in [-0.39, 0.29) is 11.8 Å². The Morgan fingerprint density at radius 1 is 1.22 bits per heavy atom. The van der Waals surface area contributed by atoms with Crippen LogP contribution < -0.4 is 10.2 Å². The summed E-state index contributed by atoms with van der Waals surface area (Å²) < 4.78 is 0. The normalized spacial score (nSPS) is 19.3. The molecule has 6 heteroatoms. The average Bonchev–Trinajstić information content (AvgIpc) is 3.42. The minimum atomic E-state index is -0.775. The van der Waals surface area contributed by atoms with Crippen molar-refractivity contribution in [3.05, 3.63) is 24.4 Å². The predicted octanol–water partition coefficient (Wildman–Crippen LogP) is 1.04. The first kappa shape index (κ1) is 15.8. The van der Waals surface area contributed by atoms with Gasteiger partial charge in [-0.2, -0.15) is 0 Å². The number of pyridine rings is 1. The number of nitrogens with one attached hydrogen (secondary N) is 1. The summed E-state index contributed by atoms with van der Waals surface area (Å²) in [5.74, 6) is 0.865. The Labute approximate surface area is 136 Å². The summed E-state index contributed by atoms with van der Waals surface area (Å²) in [6.45, 7) is 5.47. The van der Waals surface area contributed by atoms with Crippen LogP contribution in [0.25, 0.3) is 0 Å². The van der Waals surface area contributed by atoms with Gasteiger partial charge in [-0.15, -0.1) is 0 Å². The molecule has 1 N–H and O–H groups in total. The molecule has 1 aliphatic heterocycles. The number of hydrogen-bond acceptors (Lipinski definition) is 4. The highest BCUT2D eigenvalue weighted by Crippen LogP contribution is 2.47. The van der Waals surface area contributed by atoms with Crippen LogP contribution in [-0.2, 0) is 9.59 Å². The maximum Gasteiger partial charge on any atom is 0.238 e. The maximum absolute atomic E-state index is 12.8. The Balaban J connectivity index is 1.57. The van der Waals surface area contributed by atoms with E-state index in [1.54, 1.807) is 6.20 Å². The van der Waals surface area contributed by atoms with Crippen molar-refractivity contribution in [3.63, 3.8) is 0 Å². The molecule has 2 amide bonds. The number of hydrogen-bond donors (Lipinski definition) is 1. The topological polar surface area (TPSA) is 65.5 Å². The first-order chi connectivity index (χ1) is 11.2. The molecule has 1 aromatic heterocycles. The third-order valence-corrected chi connectivity index (χ3v) is 4.67. The molecule has 3 rings (SSSR count). The van der Waals surface area contributed by atoms with Gasteiger partial charge in [-0.3, -0.25) is 9.59 Å². The molecule has 2 heterocycles. The zero-order chi connectivity index (χ0) is 16.3. The van der Waals surface area contributed by atoms with E-state index in [1.807, 2.05) is 30.0 Å². The van der Waals surface area contributed by atoms with Gasteiger partial charge in [0.25, 0.3) is 0 Å². The van der Waals surface area contributed by atoms with Gasteiger partial charge in [0.05, 0.1) is 0 Å². The van der Waals surface area contributed by atoms with Crippen LogP contribution in [0.2, 0.25) is 0 Å². The second kappa shape index (κ2) is 6.56. The number of carbonyl (C=O) groups excluding carboxylic acids is 2. The number of aromatic nitrogens is 1. The number of nitrogens with zero attached hydrogens (tertiary/aromatic N) is 3. The molecule has 0 aromatic carbocycles. The molecule has 0 atom stereocenters. The van der Waals surface area contributed by atoms with Gasteiger partial charge in [-0.05, 0) is 31.4 Å². The Hall–Kier alpha value is -2.11. The standard InChI is InChI=1S/C17H24N4O2/c1-2-8-19-15(22)17(6-7-17)16(23)21-12-10-20(11-13-21)14-5-3-4-9-18-14/h3-5,9H,2,6-8,10-13H2,1H3,(H,19,22). The lowest BCUT2D eigenvalue weighted by atomic mass is 10.0. The van der Waals surface area contributed by atoms with Crippen LogP contribution in [0.1, 0.15) is 26.2 Å². The number of rotatable bonds is 5. The smallest absolute Gasteiger partial charge is 0.238 e. The molecule has 1 aliphatic carbocycles. The SMILES string of the molecule is CCCNC(=O)C1(C(=O)N2CCN(c3ccccn3)CC2)CC1. The lowest BCUT2D eigenvalue weighted by Gasteiger charge is -2.36. The lowest BCUT2D eigenvalue weighted by Crippen LogP contribution is -2.53. The van der Waals surface area contributed by atoms with E-state index in [2.05, 4.69) is 15.2 Å². The zero-order valence-corrected chi connectivity index (χ0v) is 13.6. The fourth-order valence-electron chi connectivity index (χ4n) is 3.05. The molecule has 1 saturated carbocycles. The molecule has 6 nitrogen and oxygen atoms in total. The van der Waals surface area contributed by atoms with E-state index in [0.29, 0.717) is 32.5 Å². The molecule has 0 bridgehead atoms. The Bertz CT molecular complexity index is 563. The largest absolute Gasteiger partial charge is 0.355 e. The van der Waals surface area contributed by atoms with Crippen molar-refractivity contribution in [2.24, 2.45) is 5.41 Å². The molecule has 0 radical (unpaired) electrons. The molecule has 2 fully saturated rings. The van der Waals surface area contributed by atoms with E-state index < -0.39 is 5.41 Å². The minimum absolute atomic E-state index is 0.00627. The van der Waals surface area contributed by atoms with E-state index in [0.717, 1.165) is 25.3 Å². The van der Waals surface area contributed by atoms with Crippen LogP contribution in [-0.4, -0.2) is 54.4 Å². The first-order valence-electron chi connectivity index (χ1n) is 8.41. The third kappa shape index (κ3) is 3.16. The Morgan fingerprint density at radius 2 is 1.96 bits per heavy atom. The van der Waals surface area contributed by atoms with Crippen molar-refractivity contribution in [2.75, 3.05) is 37.6 Å². The van der Waals surface area contributed by atoms with Gasteiger partial charge >= 0.3 is 0 Å². The Morgan fingerprint density at radius 3 is 2.52 bits per heavy atom. The van der Waals surface area contributed by atoms with E-state index in [1.165, 1.54) is 0 Å². The van der Waals surface area contributed by atoms with E-state index >= 15 is 0 Å². The van der Waals surface area contributed by atoms with Crippen molar-refractivity contribution < 1.29 is 9.59 Å². The molecular formula is C17H24N4O2. The Kier molecular flexibility index (Phi) is 4.50. The third-order valence-electron chi connectivity index (χ3n) is 4.67. The molecule has 0 spiro atoms. The fourth-order valence-corrected chi connectivity index (χ4v) is 3.05. The van der Waals surface area contributed by atoms with Gasteiger partial charge in [-0.1, -0.05) is 13.0 Å². The highest BCUT2D eigenvalue weighted by molar-refractivity contribution is 6.07. The molecule has 124 valence electrons. The summed E-state index contributed by atoms with van der Waals surface area (Å²) in [6, 6.07) is 5.85. The minimum Gasteiger partial charge on any atom is -0.355 e. The lowest BCUT2D eigenvalue weighted by molar-refractivity contribution is -0.144. The average molecular weight is 316 g/mol. The van der Waals surface area contributed by atoms with Crippen molar-refractivity contribution in [2.45, 2.75) is 26.2 Å². The number of piperazine rings is 1. The summed E-state index contributed by atoms with van der Waals surface area (Å²) in [7, 11) is 0. The summed E-state index contributed by atoms with van der Waals surface area (Å²) in [5, 5.41) is 2.88. The highest BCUT2D eigenvalue weighted by Gasteiger charge is 2.57. The van der Waals surface area contributed by atoms with Crippen LogP contribution >= 0.6 is 0 Å². The van der Waals surface area contributed by atoms with Crippen LogP contribution in [0.5, 0.6) is 0 Å². The summed E-state index contributed by atoms with van der Waals surface area (Å²) in [4.78, 5) is 33.4. The molecule has 1 aromatic rings. The van der Waals surface area contributed by atoms with Crippen molar-refractivity contribution in [1.29, 1.82) is 0 Å². The predicted molar refractivity (Wildman–Crippen MR) is 88.0 cm³/mol. The van der Waals surface area contributed by atoms with Gasteiger partial charge < -0.3 is 15.1 Å². The van der Waals surface area contributed by atoms with Crippen molar-refractivity contribution >= 4 is 17.6 Å². The molecule has 23 heavy (non-hydrogen) atoms. The second-order valence-corrected chi connectivity index (χ2v) is 6.31.